The van der Waals surface area contributed by atoms with Crippen molar-refractivity contribution in [1.82, 2.24) is 14.7 Å². The number of nitrogens with zero attached hydrogens (tertiary/aromatic N) is 3. The van der Waals surface area contributed by atoms with Crippen molar-refractivity contribution < 1.29 is 9.53 Å². The molecule has 3 fully saturated rings. The number of para-hydroxylation sites is 1. The van der Waals surface area contributed by atoms with Crippen molar-refractivity contribution >= 4 is 5.91 Å². The monoisotopic (exact) mass is 399 g/mol. The zero-order chi connectivity index (χ0) is 19.9. The Balaban J connectivity index is 1.32. The number of hydrogen-bond donors (Lipinski definition) is 0. The van der Waals surface area contributed by atoms with E-state index in [1.165, 1.54) is 58.3 Å². The van der Waals surface area contributed by atoms with Crippen molar-refractivity contribution in [2.75, 3.05) is 52.4 Å². The molecule has 0 radical (unpaired) electrons. The highest BCUT2D eigenvalue weighted by atomic mass is 16.5. The van der Waals surface area contributed by atoms with Gasteiger partial charge in [-0.3, -0.25) is 4.79 Å². The summed E-state index contributed by atoms with van der Waals surface area (Å²) < 4.78 is 6.09. The van der Waals surface area contributed by atoms with E-state index in [2.05, 4.69) is 14.7 Å². The van der Waals surface area contributed by atoms with Gasteiger partial charge in [-0.15, -0.1) is 0 Å². The van der Waals surface area contributed by atoms with E-state index in [0.29, 0.717) is 12.6 Å². The topological polar surface area (TPSA) is 36.0 Å². The Morgan fingerprint density at radius 2 is 1.62 bits per heavy atom. The summed E-state index contributed by atoms with van der Waals surface area (Å²) in [6, 6.07) is 8.18. The number of carbonyl (C=O) groups excluding carboxylic acids is 1. The summed E-state index contributed by atoms with van der Waals surface area (Å²) in [4.78, 5) is 20.5. The van der Waals surface area contributed by atoms with Crippen LogP contribution in [0.25, 0.3) is 0 Å². The van der Waals surface area contributed by atoms with Gasteiger partial charge in [0, 0.05) is 25.7 Å². The Morgan fingerprint density at radius 1 is 0.897 bits per heavy atom. The molecule has 29 heavy (non-hydrogen) atoms. The van der Waals surface area contributed by atoms with Crippen LogP contribution in [0.15, 0.2) is 24.3 Å². The van der Waals surface area contributed by atoms with Gasteiger partial charge < -0.3 is 19.4 Å². The van der Waals surface area contributed by atoms with Crippen molar-refractivity contribution in [2.45, 2.75) is 57.4 Å². The lowest BCUT2D eigenvalue weighted by atomic mass is 10.1. The number of benzene rings is 1. The predicted octanol–water partition coefficient (Wildman–Crippen LogP) is 3.64. The third kappa shape index (κ3) is 5.52. The summed E-state index contributed by atoms with van der Waals surface area (Å²) in [7, 11) is 0. The van der Waals surface area contributed by atoms with Crippen LogP contribution in [0.1, 0.15) is 61.7 Å². The van der Waals surface area contributed by atoms with Crippen LogP contribution >= 0.6 is 0 Å². The van der Waals surface area contributed by atoms with E-state index >= 15 is 0 Å². The number of likely N-dealkylation sites (tertiary alicyclic amines) is 3. The van der Waals surface area contributed by atoms with Crippen LogP contribution in [0.3, 0.4) is 0 Å². The third-order valence-corrected chi connectivity index (χ3v) is 6.75. The number of amides is 1. The first kappa shape index (κ1) is 20.7. The van der Waals surface area contributed by atoms with Gasteiger partial charge in [0.15, 0.2) is 0 Å². The van der Waals surface area contributed by atoms with Gasteiger partial charge in [0.05, 0.1) is 12.2 Å². The normalized spacial score (nSPS) is 23.6. The fourth-order valence-corrected chi connectivity index (χ4v) is 5.13. The average molecular weight is 400 g/mol. The van der Waals surface area contributed by atoms with E-state index in [9.17, 15) is 4.79 Å². The summed E-state index contributed by atoms with van der Waals surface area (Å²) in [6.07, 6.45) is 9.88. The lowest BCUT2D eigenvalue weighted by Gasteiger charge is -2.29. The Labute approximate surface area is 176 Å². The molecular formula is C24H37N3O2. The molecule has 0 spiro atoms. The van der Waals surface area contributed by atoms with Gasteiger partial charge in [-0.05, 0) is 83.3 Å². The Bertz CT molecular complexity index is 653. The maximum Gasteiger partial charge on any atom is 0.257 e. The van der Waals surface area contributed by atoms with Crippen LogP contribution < -0.4 is 4.74 Å². The zero-order valence-electron chi connectivity index (χ0n) is 17.9. The van der Waals surface area contributed by atoms with Crippen LogP contribution in [0.5, 0.6) is 5.75 Å². The Morgan fingerprint density at radius 3 is 2.45 bits per heavy atom. The van der Waals surface area contributed by atoms with Crippen molar-refractivity contribution in [2.24, 2.45) is 0 Å². The molecule has 160 valence electrons. The molecule has 1 amide bonds. The predicted molar refractivity (Wildman–Crippen MR) is 117 cm³/mol. The van der Waals surface area contributed by atoms with Crippen LogP contribution in [0.4, 0.5) is 0 Å². The molecule has 0 aliphatic carbocycles. The van der Waals surface area contributed by atoms with E-state index in [1.54, 1.807) is 0 Å². The summed E-state index contributed by atoms with van der Waals surface area (Å²) in [6.45, 7) is 8.51. The summed E-state index contributed by atoms with van der Waals surface area (Å²) >= 11 is 0. The number of rotatable bonds is 8. The smallest absolute Gasteiger partial charge is 0.257 e. The number of piperidine rings is 1. The second-order valence-electron chi connectivity index (χ2n) is 8.90. The van der Waals surface area contributed by atoms with Gasteiger partial charge in [0.2, 0.25) is 0 Å². The van der Waals surface area contributed by atoms with E-state index in [1.807, 2.05) is 24.3 Å². The van der Waals surface area contributed by atoms with Crippen molar-refractivity contribution in [1.29, 1.82) is 0 Å². The van der Waals surface area contributed by atoms with E-state index in [-0.39, 0.29) is 5.91 Å². The van der Waals surface area contributed by atoms with E-state index in [0.717, 1.165) is 50.2 Å². The maximum atomic E-state index is 13.4. The van der Waals surface area contributed by atoms with Gasteiger partial charge in [-0.25, -0.2) is 0 Å². The molecule has 0 N–H and O–H groups in total. The Kier molecular flexibility index (Phi) is 7.44. The van der Waals surface area contributed by atoms with Gasteiger partial charge in [-0.1, -0.05) is 18.6 Å². The molecule has 3 aliphatic rings. The molecule has 3 aliphatic heterocycles. The average Bonchev–Trinajstić information content (AvgIpc) is 3.44. The zero-order valence-corrected chi connectivity index (χ0v) is 17.9. The standard InChI is InChI=1S/C24H37N3O2/c28-24(27-18-8-10-21(27)20-26-15-6-7-16-26)22-11-2-3-12-23(22)29-19-9-17-25-13-4-1-5-14-25/h2-3,11-12,21H,1,4-10,13-20H2/t21-/m0/s1. The minimum Gasteiger partial charge on any atom is -0.493 e. The molecule has 1 aromatic carbocycles. The van der Waals surface area contributed by atoms with Gasteiger partial charge in [0.1, 0.15) is 5.75 Å². The van der Waals surface area contributed by atoms with Crippen molar-refractivity contribution in [3.63, 3.8) is 0 Å². The van der Waals surface area contributed by atoms with Crippen LogP contribution in [-0.2, 0) is 0 Å². The first-order valence-electron chi connectivity index (χ1n) is 11.8. The summed E-state index contributed by atoms with van der Waals surface area (Å²) in [5, 5.41) is 0. The van der Waals surface area contributed by atoms with E-state index in [4.69, 9.17) is 4.74 Å². The lowest BCUT2D eigenvalue weighted by Crippen LogP contribution is -2.42. The fraction of sp³-hybridized carbons (Fsp3) is 0.708. The maximum absolute atomic E-state index is 13.4. The van der Waals surface area contributed by atoms with E-state index < -0.39 is 0 Å². The first-order valence-corrected chi connectivity index (χ1v) is 11.8. The highest BCUT2D eigenvalue weighted by molar-refractivity contribution is 5.97. The summed E-state index contributed by atoms with van der Waals surface area (Å²) in [5.41, 5.74) is 0.735. The molecule has 0 saturated carbocycles. The molecule has 4 rings (SSSR count). The molecule has 0 unspecified atom stereocenters. The Hall–Kier alpha value is -1.59. The molecule has 3 saturated heterocycles. The lowest BCUT2D eigenvalue weighted by molar-refractivity contribution is 0.0704. The second-order valence-corrected chi connectivity index (χ2v) is 8.90. The molecule has 3 heterocycles. The van der Waals surface area contributed by atoms with Crippen molar-refractivity contribution in [3.8, 4) is 5.75 Å². The molecule has 0 bridgehead atoms. The number of carbonyl (C=O) groups is 1. The van der Waals surface area contributed by atoms with Crippen molar-refractivity contribution in [3.05, 3.63) is 29.8 Å². The molecule has 5 nitrogen and oxygen atoms in total. The van der Waals surface area contributed by atoms with Crippen LogP contribution in [0.2, 0.25) is 0 Å². The molecule has 1 aromatic rings. The molecule has 1 atom stereocenters. The molecule has 5 heteroatoms. The van der Waals surface area contributed by atoms with Crippen LogP contribution in [-0.4, -0.2) is 79.1 Å². The SMILES string of the molecule is O=C(c1ccccc1OCCCN1CCCCC1)N1CCC[C@H]1CN1CCCC1. The van der Waals surface area contributed by atoms with Gasteiger partial charge in [0.25, 0.3) is 5.91 Å². The number of ether oxygens (including phenoxy) is 1. The second kappa shape index (κ2) is 10.4. The van der Waals surface area contributed by atoms with Gasteiger partial charge >= 0.3 is 0 Å². The molecular weight excluding hydrogens is 362 g/mol. The highest BCUT2D eigenvalue weighted by Gasteiger charge is 2.32. The van der Waals surface area contributed by atoms with Crippen LogP contribution in [0, 0.1) is 0 Å². The molecule has 0 aromatic heterocycles. The number of hydrogen-bond acceptors (Lipinski definition) is 4. The highest BCUT2D eigenvalue weighted by Crippen LogP contribution is 2.26. The largest absolute Gasteiger partial charge is 0.493 e. The quantitative estimate of drug-likeness (QED) is 0.625. The van der Waals surface area contributed by atoms with Gasteiger partial charge in [-0.2, -0.15) is 0 Å². The first-order chi connectivity index (χ1) is 14.3. The fourth-order valence-electron chi connectivity index (χ4n) is 5.13. The third-order valence-electron chi connectivity index (χ3n) is 6.75. The minimum absolute atomic E-state index is 0.151. The minimum atomic E-state index is 0.151. The summed E-state index contributed by atoms with van der Waals surface area (Å²) in [5.74, 6) is 0.904.